The average Bonchev–Trinajstić information content (AvgIpc) is 2.27. The van der Waals surface area contributed by atoms with E-state index in [1.165, 1.54) is 11.1 Å². The van der Waals surface area contributed by atoms with E-state index in [1.54, 1.807) is 0 Å². The van der Waals surface area contributed by atoms with E-state index in [0.717, 1.165) is 29.7 Å². The standard InChI is InChI=1S/C15H23NO/c1-10-9-11(2)13(4)15(12(10)3)14(17)7-6-8-16-5/h9,16H,6-8H2,1-5H3. The highest BCUT2D eigenvalue weighted by Gasteiger charge is 2.15. The van der Waals surface area contributed by atoms with E-state index in [9.17, 15) is 4.79 Å². The first-order valence-electron chi connectivity index (χ1n) is 6.24. The van der Waals surface area contributed by atoms with Crippen molar-refractivity contribution < 1.29 is 4.79 Å². The van der Waals surface area contributed by atoms with Crippen LogP contribution >= 0.6 is 0 Å². The zero-order valence-electron chi connectivity index (χ0n) is 11.6. The number of ketones is 1. The molecule has 17 heavy (non-hydrogen) atoms. The van der Waals surface area contributed by atoms with E-state index in [2.05, 4.69) is 25.2 Å². The molecule has 0 bridgehead atoms. The summed E-state index contributed by atoms with van der Waals surface area (Å²) in [6.45, 7) is 9.15. The lowest BCUT2D eigenvalue weighted by atomic mass is 9.90. The largest absolute Gasteiger partial charge is 0.320 e. The first kappa shape index (κ1) is 13.9. The molecule has 0 spiro atoms. The van der Waals surface area contributed by atoms with E-state index in [1.807, 2.05) is 20.9 Å². The first-order chi connectivity index (χ1) is 7.99. The molecule has 0 fully saturated rings. The van der Waals surface area contributed by atoms with E-state index in [4.69, 9.17) is 0 Å². The zero-order chi connectivity index (χ0) is 13.0. The maximum absolute atomic E-state index is 12.2. The lowest BCUT2D eigenvalue weighted by molar-refractivity contribution is 0.0979. The minimum absolute atomic E-state index is 0.280. The molecule has 1 aromatic carbocycles. The summed E-state index contributed by atoms with van der Waals surface area (Å²) in [4.78, 5) is 12.2. The van der Waals surface area contributed by atoms with Gasteiger partial charge in [-0.1, -0.05) is 6.07 Å². The Bertz CT molecular complexity index is 395. The highest BCUT2D eigenvalue weighted by molar-refractivity contribution is 5.99. The van der Waals surface area contributed by atoms with Crippen molar-refractivity contribution >= 4 is 5.78 Å². The van der Waals surface area contributed by atoms with Crippen LogP contribution in [0.5, 0.6) is 0 Å². The summed E-state index contributed by atoms with van der Waals surface area (Å²) in [5, 5.41) is 3.07. The second kappa shape index (κ2) is 5.97. The molecule has 0 amide bonds. The topological polar surface area (TPSA) is 29.1 Å². The molecule has 1 N–H and O–H groups in total. The molecule has 0 saturated heterocycles. The molecule has 2 heteroatoms. The summed E-state index contributed by atoms with van der Waals surface area (Å²) in [6.07, 6.45) is 1.53. The summed E-state index contributed by atoms with van der Waals surface area (Å²) in [7, 11) is 1.91. The smallest absolute Gasteiger partial charge is 0.163 e. The Balaban J connectivity index is 3.00. The van der Waals surface area contributed by atoms with Gasteiger partial charge in [0.1, 0.15) is 0 Å². The van der Waals surface area contributed by atoms with Crippen molar-refractivity contribution in [1.29, 1.82) is 0 Å². The Morgan fingerprint density at radius 1 is 1.12 bits per heavy atom. The maximum atomic E-state index is 12.2. The summed E-state index contributed by atoms with van der Waals surface area (Å²) < 4.78 is 0. The third kappa shape index (κ3) is 3.16. The van der Waals surface area contributed by atoms with Crippen molar-refractivity contribution in [3.63, 3.8) is 0 Å². The van der Waals surface area contributed by atoms with Gasteiger partial charge < -0.3 is 5.32 Å². The third-order valence-corrected chi connectivity index (χ3v) is 3.48. The van der Waals surface area contributed by atoms with Crippen LogP contribution < -0.4 is 5.32 Å². The SMILES string of the molecule is CNCCCC(=O)c1c(C)c(C)cc(C)c1C. The van der Waals surface area contributed by atoms with Crippen LogP contribution in [-0.2, 0) is 0 Å². The lowest BCUT2D eigenvalue weighted by Crippen LogP contribution is -2.12. The number of rotatable bonds is 5. The monoisotopic (exact) mass is 233 g/mol. The molecule has 2 nitrogen and oxygen atoms in total. The Morgan fingerprint density at radius 2 is 1.65 bits per heavy atom. The second-order valence-corrected chi connectivity index (χ2v) is 4.77. The van der Waals surface area contributed by atoms with Crippen LogP contribution in [0.3, 0.4) is 0 Å². The Morgan fingerprint density at radius 3 is 2.12 bits per heavy atom. The van der Waals surface area contributed by atoms with Crippen LogP contribution in [0.4, 0.5) is 0 Å². The minimum Gasteiger partial charge on any atom is -0.320 e. The highest BCUT2D eigenvalue weighted by atomic mass is 16.1. The molecular formula is C15H23NO. The van der Waals surface area contributed by atoms with Crippen molar-refractivity contribution in [1.82, 2.24) is 5.32 Å². The van der Waals surface area contributed by atoms with Gasteiger partial charge in [-0.25, -0.2) is 0 Å². The van der Waals surface area contributed by atoms with Gasteiger partial charge in [0.05, 0.1) is 0 Å². The number of Topliss-reactive ketones (excluding diaryl/α,β-unsaturated/α-hetero) is 1. The van der Waals surface area contributed by atoms with Gasteiger partial charge >= 0.3 is 0 Å². The van der Waals surface area contributed by atoms with Crippen LogP contribution in [0.25, 0.3) is 0 Å². The van der Waals surface area contributed by atoms with Crippen molar-refractivity contribution in [3.8, 4) is 0 Å². The van der Waals surface area contributed by atoms with Gasteiger partial charge in [-0.05, 0) is 70.0 Å². The fourth-order valence-corrected chi connectivity index (χ4v) is 2.19. The zero-order valence-corrected chi connectivity index (χ0v) is 11.6. The fourth-order valence-electron chi connectivity index (χ4n) is 2.19. The van der Waals surface area contributed by atoms with E-state index < -0.39 is 0 Å². The molecule has 94 valence electrons. The lowest BCUT2D eigenvalue weighted by Gasteiger charge is -2.14. The minimum atomic E-state index is 0.280. The van der Waals surface area contributed by atoms with Gasteiger partial charge in [0.15, 0.2) is 5.78 Å². The van der Waals surface area contributed by atoms with Crippen LogP contribution in [0, 0.1) is 27.7 Å². The van der Waals surface area contributed by atoms with Crippen LogP contribution in [0.1, 0.15) is 45.5 Å². The molecule has 0 aliphatic carbocycles. The molecule has 0 aromatic heterocycles. The van der Waals surface area contributed by atoms with E-state index in [0.29, 0.717) is 6.42 Å². The number of hydrogen-bond donors (Lipinski definition) is 1. The van der Waals surface area contributed by atoms with Crippen LogP contribution in [0.2, 0.25) is 0 Å². The second-order valence-electron chi connectivity index (χ2n) is 4.77. The van der Waals surface area contributed by atoms with Gasteiger partial charge in [-0.2, -0.15) is 0 Å². The molecule has 0 atom stereocenters. The number of nitrogens with one attached hydrogen (secondary N) is 1. The van der Waals surface area contributed by atoms with Crippen molar-refractivity contribution in [2.75, 3.05) is 13.6 Å². The number of benzene rings is 1. The normalized spacial score (nSPS) is 10.6. The molecule has 0 heterocycles. The molecule has 0 aliphatic heterocycles. The van der Waals surface area contributed by atoms with E-state index >= 15 is 0 Å². The third-order valence-electron chi connectivity index (χ3n) is 3.48. The van der Waals surface area contributed by atoms with Gasteiger partial charge in [-0.15, -0.1) is 0 Å². The molecule has 0 saturated carbocycles. The van der Waals surface area contributed by atoms with Crippen LogP contribution in [0.15, 0.2) is 6.07 Å². The highest BCUT2D eigenvalue weighted by Crippen LogP contribution is 2.23. The van der Waals surface area contributed by atoms with Crippen LogP contribution in [-0.4, -0.2) is 19.4 Å². The van der Waals surface area contributed by atoms with Gasteiger partial charge in [0, 0.05) is 12.0 Å². The van der Waals surface area contributed by atoms with Gasteiger partial charge in [0.2, 0.25) is 0 Å². The number of carbonyl (C=O) groups excluding carboxylic acids is 1. The quantitative estimate of drug-likeness (QED) is 0.625. The number of carbonyl (C=O) groups is 1. The fraction of sp³-hybridized carbons (Fsp3) is 0.533. The summed E-state index contributed by atoms with van der Waals surface area (Å²) in [5.41, 5.74) is 5.65. The molecular weight excluding hydrogens is 210 g/mol. The van der Waals surface area contributed by atoms with Gasteiger partial charge in [-0.3, -0.25) is 4.79 Å². The predicted molar refractivity (Wildman–Crippen MR) is 72.9 cm³/mol. The molecule has 0 radical (unpaired) electrons. The van der Waals surface area contributed by atoms with E-state index in [-0.39, 0.29) is 5.78 Å². The predicted octanol–water partition coefficient (Wildman–Crippen LogP) is 3.10. The Labute approximate surface area is 104 Å². The Hall–Kier alpha value is -1.15. The van der Waals surface area contributed by atoms with Crippen molar-refractivity contribution in [2.24, 2.45) is 0 Å². The average molecular weight is 233 g/mol. The first-order valence-corrected chi connectivity index (χ1v) is 6.24. The Kier molecular flexibility index (Phi) is 4.88. The number of hydrogen-bond acceptors (Lipinski definition) is 2. The molecule has 0 aliphatic rings. The molecule has 1 rings (SSSR count). The summed E-state index contributed by atoms with van der Waals surface area (Å²) >= 11 is 0. The van der Waals surface area contributed by atoms with Gasteiger partial charge in [0.25, 0.3) is 0 Å². The number of aryl methyl sites for hydroxylation is 2. The summed E-state index contributed by atoms with van der Waals surface area (Å²) in [5.74, 6) is 0.280. The molecule has 1 aromatic rings. The summed E-state index contributed by atoms with van der Waals surface area (Å²) in [6, 6.07) is 2.16. The maximum Gasteiger partial charge on any atom is 0.163 e. The van der Waals surface area contributed by atoms with Crippen molar-refractivity contribution in [2.45, 2.75) is 40.5 Å². The molecule has 0 unspecified atom stereocenters. The van der Waals surface area contributed by atoms with Crippen molar-refractivity contribution in [3.05, 3.63) is 33.9 Å².